The molecule has 19 heavy (non-hydrogen) atoms. The van der Waals surface area contributed by atoms with Gasteiger partial charge in [-0.3, -0.25) is 4.79 Å². The fourth-order valence-electron chi connectivity index (χ4n) is 1.79. The molecule has 1 aliphatic rings. The number of fused-ring (bicyclic) bond motifs is 1. The van der Waals surface area contributed by atoms with Gasteiger partial charge < -0.3 is 25.4 Å². The fraction of sp³-hybridized carbons (Fsp3) is 0.462. The Morgan fingerprint density at radius 3 is 2.58 bits per heavy atom. The van der Waals surface area contributed by atoms with Gasteiger partial charge in [0.15, 0.2) is 11.5 Å². The van der Waals surface area contributed by atoms with Crippen molar-refractivity contribution in [2.75, 3.05) is 44.9 Å². The molecule has 1 heterocycles. The average Bonchev–Trinajstić information content (AvgIpc) is 2.39. The monoisotopic (exact) mass is 265 g/mol. The summed E-state index contributed by atoms with van der Waals surface area (Å²) >= 11 is 0. The van der Waals surface area contributed by atoms with E-state index < -0.39 is 0 Å². The largest absolute Gasteiger partial charge is 0.486 e. The van der Waals surface area contributed by atoms with E-state index in [9.17, 15) is 4.79 Å². The lowest BCUT2D eigenvalue weighted by atomic mass is 10.2. The van der Waals surface area contributed by atoms with Crippen LogP contribution in [0.25, 0.3) is 0 Å². The quantitative estimate of drug-likeness (QED) is 0.792. The highest BCUT2D eigenvalue weighted by Gasteiger charge is 2.14. The molecule has 1 amide bonds. The van der Waals surface area contributed by atoms with Crippen LogP contribution in [0.4, 0.5) is 11.4 Å². The molecule has 0 unspecified atom stereocenters. The number of nitrogens with one attached hydrogen (secondary N) is 1. The summed E-state index contributed by atoms with van der Waals surface area (Å²) in [5.74, 6) is 1.42. The van der Waals surface area contributed by atoms with Gasteiger partial charge in [0.1, 0.15) is 13.2 Å². The average molecular weight is 265 g/mol. The van der Waals surface area contributed by atoms with Gasteiger partial charge in [-0.25, -0.2) is 0 Å². The summed E-state index contributed by atoms with van der Waals surface area (Å²) in [7, 11) is 3.47. The SMILES string of the molecule is CN(C)C(=O)CCNc1cc2c(cc1N)OCCO2. The zero-order valence-electron chi connectivity index (χ0n) is 11.2. The van der Waals surface area contributed by atoms with Gasteiger partial charge in [-0.05, 0) is 0 Å². The molecule has 0 radical (unpaired) electrons. The van der Waals surface area contributed by atoms with Crippen LogP contribution in [0.5, 0.6) is 11.5 Å². The van der Waals surface area contributed by atoms with E-state index in [1.54, 1.807) is 25.1 Å². The summed E-state index contributed by atoms with van der Waals surface area (Å²) in [5, 5.41) is 3.14. The number of hydrogen-bond donors (Lipinski definition) is 2. The normalized spacial score (nSPS) is 12.9. The molecule has 6 nitrogen and oxygen atoms in total. The van der Waals surface area contributed by atoms with Crippen molar-refractivity contribution in [1.82, 2.24) is 4.90 Å². The zero-order valence-corrected chi connectivity index (χ0v) is 11.2. The first kappa shape index (κ1) is 13.3. The van der Waals surface area contributed by atoms with Crippen molar-refractivity contribution in [2.24, 2.45) is 0 Å². The Morgan fingerprint density at radius 2 is 1.95 bits per heavy atom. The van der Waals surface area contributed by atoms with E-state index in [-0.39, 0.29) is 5.91 Å². The maximum atomic E-state index is 11.5. The van der Waals surface area contributed by atoms with Gasteiger partial charge in [-0.2, -0.15) is 0 Å². The second-order valence-corrected chi connectivity index (χ2v) is 4.55. The molecular weight excluding hydrogens is 246 g/mol. The number of carbonyl (C=O) groups is 1. The van der Waals surface area contributed by atoms with Crippen LogP contribution in [0, 0.1) is 0 Å². The van der Waals surface area contributed by atoms with Gasteiger partial charge in [0.25, 0.3) is 0 Å². The van der Waals surface area contributed by atoms with Crippen LogP contribution >= 0.6 is 0 Å². The Hall–Kier alpha value is -2.11. The van der Waals surface area contributed by atoms with Gasteiger partial charge in [-0.15, -0.1) is 0 Å². The molecule has 0 aromatic heterocycles. The molecule has 1 aromatic carbocycles. The highest BCUT2D eigenvalue weighted by molar-refractivity contribution is 5.77. The van der Waals surface area contributed by atoms with Gasteiger partial charge in [0.05, 0.1) is 11.4 Å². The van der Waals surface area contributed by atoms with Crippen LogP contribution < -0.4 is 20.5 Å². The molecule has 0 saturated carbocycles. The minimum Gasteiger partial charge on any atom is -0.486 e. The van der Waals surface area contributed by atoms with Crippen LogP contribution in [0.3, 0.4) is 0 Å². The Labute approximate surface area is 112 Å². The number of carbonyl (C=O) groups excluding carboxylic acids is 1. The molecule has 1 aromatic rings. The summed E-state index contributed by atoms with van der Waals surface area (Å²) < 4.78 is 10.9. The molecule has 0 saturated heterocycles. The van der Waals surface area contributed by atoms with Crippen molar-refractivity contribution in [3.63, 3.8) is 0 Å². The summed E-state index contributed by atoms with van der Waals surface area (Å²) in [6.07, 6.45) is 0.418. The maximum absolute atomic E-state index is 11.5. The molecule has 0 bridgehead atoms. The highest BCUT2D eigenvalue weighted by atomic mass is 16.6. The first-order valence-corrected chi connectivity index (χ1v) is 6.21. The van der Waals surface area contributed by atoms with Crippen LogP contribution in [-0.4, -0.2) is 44.7 Å². The van der Waals surface area contributed by atoms with Crippen molar-refractivity contribution < 1.29 is 14.3 Å². The van der Waals surface area contributed by atoms with E-state index in [0.717, 1.165) is 5.69 Å². The second kappa shape index (κ2) is 5.69. The number of anilines is 2. The van der Waals surface area contributed by atoms with Crippen LogP contribution in [0.15, 0.2) is 12.1 Å². The van der Waals surface area contributed by atoms with Crippen molar-refractivity contribution in [3.05, 3.63) is 12.1 Å². The number of benzene rings is 1. The summed E-state index contributed by atoms with van der Waals surface area (Å²) in [6, 6.07) is 3.55. The Morgan fingerprint density at radius 1 is 1.32 bits per heavy atom. The number of rotatable bonds is 4. The molecule has 0 atom stereocenters. The predicted octanol–water partition coefficient (Wildman–Crippen LogP) is 0.930. The summed E-state index contributed by atoms with van der Waals surface area (Å²) in [4.78, 5) is 13.0. The summed E-state index contributed by atoms with van der Waals surface area (Å²) in [5.41, 5.74) is 7.27. The summed E-state index contributed by atoms with van der Waals surface area (Å²) in [6.45, 7) is 1.60. The van der Waals surface area contributed by atoms with Crippen LogP contribution in [0.1, 0.15) is 6.42 Å². The van der Waals surface area contributed by atoms with E-state index >= 15 is 0 Å². The number of ether oxygens (including phenoxy) is 2. The van der Waals surface area contributed by atoms with Gasteiger partial charge in [-0.1, -0.05) is 0 Å². The zero-order chi connectivity index (χ0) is 13.8. The lowest BCUT2D eigenvalue weighted by molar-refractivity contribution is -0.128. The standard InChI is InChI=1S/C13H19N3O3/c1-16(2)13(17)3-4-15-10-8-12-11(7-9(10)14)18-5-6-19-12/h7-8,15H,3-6,14H2,1-2H3. The minimum absolute atomic E-state index is 0.0728. The van der Waals surface area contributed by atoms with E-state index in [0.29, 0.717) is 43.4 Å². The van der Waals surface area contributed by atoms with Gasteiger partial charge in [0.2, 0.25) is 5.91 Å². The number of hydrogen-bond acceptors (Lipinski definition) is 5. The minimum atomic E-state index is 0.0728. The molecule has 0 aliphatic carbocycles. The molecule has 6 heteroatoms. The molecule has 104 valence electrons. The first-order chi connectivity index (χ1) is 9.08. The Balaban J connectivity index is 1.98. The lowest BCUT2D eigenvalue weighted by Crippen LogP contribution is -2.24. The molecule has 1 aliphatic heterocycles. The third-order valence-electron chi connectivity index (χ3n) is 2.87. The predicted molar refractivity (Wildman–Crippen MR) is 73.6 cm³/mol. The number of nitrogen functional groups attached to an aromatic ring is 1. The molecule has 3 N–H and O–H groups in total. The fourth-order valence-corrected chi connectivity index (χ4v) is 1.79. The third kappa shape index (κ3) is 3.21. The lowest BCUT2D eigenvalue weighted by Gasteiger charge is -2.20. The Kier molecular flexibility index (Phi) is 3.99. The highest BCUT2D eigenvalue weighted by Crippen LogP contribution is 2.36. The van der Waals surface area contributed by atoms with Gasteiger partial charge >= 0.3 is 0 Å². The topological polar surface area (TPSA) is 76.8 Å². The van der Waals surface area contributed by atoms with E-state index in [1.165, 1.54) is 0 Å². The molecule has 2 rings (SSSR count). The van der Waals surface area contributed by atoms with Gasteiger partial charge in [0, 0.05) is 39.2 Å². The molecular formula is C13H19N3O3. The van der Waals surface area contributed by atoms with Crippen LogP contribution in [-0.2, 0) is 4.79 Å². The molecule has 0 fully saturated rings. The Bertz CT molecular complexity index is 474. The van der Waals surface area contributed by atoms with Crippen molar-refractivity contribution in [2.45, 2.75) is 6.42 Å². The smallest absolute Gasteiger partial charge is 0.223 e. The first-order valence-electron chi connectivity index (χ1n) is 6.21. The van der Waals surface area contributed by atoms with Crippen molar-refractivity contribution in [3.8, 4) is 11.5 Å². The number of nitrogens with two attached hydrogens (primary N) is 1. The second-order valence-electron chi connectivity index (χ2n) is 4.55. The van der Waals surface area contributed by atoms with Crippen LogP contribution in [0.2, 0.25) is 0 Å². The van der Waals surface area contributed by atoms with E-state index in [2.05, 4.69) is 5.32 Å². The number of amides is 1. The third-order valence-corrected chi connectivity index (χ3v) is 2.87. The van der Waals surface area contributed by atoms with E-state index in [1.807, 2.05) is 6.07 Å². The van der Waals surface area contributed by atoms with Crippen molar-refractivity contribution >= 4 is 17.3 Å². The number of nitrogens with zero attached hydrogens (tertiary/aromatic N) is 1. The van der Waals surface area contributed by atoms with Crippen molar-refractivity contribution in [1.29, 1.82) is 0 Å². The van der Waals surface area contributed by atoms with E-state index in [4.69, 9.17) is 15.2 Å². The molecule has 0 spiro atoms. The maximum Gasteiger partial charge on any atom is 0.223 e.